The van der Waals surface area contributed by atoms with Crippen LogP contribution in [0, 0.1) is 6.92 Å². The zero-order valence-corrected chi connectivity index (χ0v) is 16.4. The summed E-state index contributed by atoms with van der Waals surface area (Å²) >= 11 is 1.59. The molecule has 0 spiro atoms. The van der Waals surface area contributed by atoms with Crippen LogP contribution in [-0.4, -0.2) is 33.0 Å². The second kappa shape index (κ2) is 9.97. The molecule has 6 heteroatoms. The minimum atomic E-state index is -0.0144. The summed E-state index contributed by atoms with van der Waals surface area (Å²) in [4.78, 5) is 12.1. The van der Waals surface area contributed by atoms with Crippen molar-refractivity contribution in [2.75, 3.05) is 27.1 Å². The molecule has 2 aromatic carbocycles. The molecule has 0 fully saturated rings. The molecular weight excluding hydrogens is 350 g/mol. The van der Waals surface area contributed by atoms with Gasteiger partial charge in [-0.05, 0) is 24.6 Å². The molecule has 0 saturated heterocycles. The number of aryl methyl sites for hydroxylation is 1. The Balaban J connectivity index is 1.89. The molecule has 0 aliphatic heterocycles. The zero-order valence-electron chi connectivity index (χ0n) is 15.6. The fourth-order valence-electron chi connectivity index (χ4n) is 2.61. The maximum atomic E-state index is 12.1. The van der Waals surface area contributed by atoms with Crippen LogP contribution < -0.4 is 19.5 Å². The van der Waals surface area contributed by atoms with Crippen molar-refractivity contribution in [3.05, 3.63) is 53.1 Å². The fraction of sp³-hybridized carbons (Fsp3) is 0.350. The van der Waals surface area contributed by atoms with Crippen molar-refractivity contribution < 1.29 is 19.0 Å². The van der Waals surface area contributed by atoms with Gasteiger partial charge in [-0.25, -0.2) is 0 Å². The molecule has 0 atom stereocenters. The molecule has 1 amide bonds. The van der Waals surface area contributed by atoms with Crippen LogP contribution in [0.15, 0.2) is 36.4 Å². The Labute approximate surface area is 159 Å². The fourth-order valence-corrected chi connectivity index (χ4v) is 3.42. The van der Waals surface area contributed by atoms with Crippen molar-refractivity contribution in [1.29, 1.82) is 0 Å². The van der Waals surface area contributed by atoms with Gasteiger partial charge in [-0.15, -0.1) is 11.8 Å². The van der Waals surface area contributed by atoms with E-state index in [4.69, 9.17) is 14.2 Å². The molecule has 0 aromatic heterocycles. The van der Waals surface area contributed by atoms with Gasteiger partial charge in [0.15, 0.2) is 11.5 Å². The van der Waals surface area contributed by atoms with Gasteiger partial charge in [0.1, 0.15) is 0 Å². The maximum absolute atomic E-state index is 12.1. The lowest BCUT2D eigenvalue weighted by molar-refractivity contribution is -0.118. The summed E-state index contributed by atoms with van der Waals surface area (Å²) in [5.74, 6) is 2.89. The third-order valence-electron chi connectivity index (χ3n) is 3.85. The van der Waals surface area contributed by atoms with Crippen molar-refractivity contribution >= 4 is 17.7 Å². The second-order valence-corrected chi connectivity index (χ2v) is 6.74. The largest absolute Gasteiger partial charge is 0.493 e. The second-order valence-electron chi connectivity index (χ2n) is 5.75. The third kappa shape index (κ3) is 5.33. The zero-order chi connectivity index (χ0) is 18.9. The lowest BCUT2D eigenvalue weighted by Crippen LogP contribution is -2.25. The normalized spacial score (nSPS) is 10.3. The number of thioether (sulfide) groups is 1. The molecule has 0 saturated carbocycles. The highest BCUT2D eigenvalue weighted by molar-refractivity contribution is 7.99. The summed E-state index contributed by atoms with van der Waals surface area (Å²) in [7, 11) is 4.70. The average molecular weight is 375 g/mol. The van der Waals surface area contributed by atoms with Gasteiger partial charge in [0.05, 0.1) is 27.1 Å². The molecule has 1 N–H and O–H groups in total. The van der Waals surface area contributed by atoms with Crippen molar-refractivity contribution in [3.63, 3.8) is 0 Å². The Kier molecular flexibility index (Phi) is 7.66. The van der Waals surface area contributed by atoms with E-state index in [-0.39, 0.29) is 5.91 Å². The van der Waals surface area contributed by atoms with Crippen LogP contribution in [0.4, 0.5) is 0 Å². The SMILES string of the molecule is COc1ccc(CNC(=O)CSCc2cccc(C)c2)c(OC)c1OC. The number of amides is 1. The van der Waals surface area contributed by atoms with Crippen LogP contribution in [0.2, 0.25) is 0 Å². The number of benzene rings is 2. The number of carbonyl (C=O) groups excluding carboxylic acids is 1. The summed E-state index contributed by atoms with van der Waals surface area (Å²) in [6.07, 6.45) is 0. The minimum absolute atomic E-state index is 0.0144. The van der Waals surface area contributed by atoms with Gasteiger partial charge >= 0.3 is 0 Å². The standard InChI is InChI=1S/C20H25NO4S/c1-14-6-5-7-15(10-14)12-26-13-18(22)21-11-16-8-9-17(23-2)20(25-4)19(16)24-3/h5-10H,11-13H2,1-4H3,(H,21,22). The van der Waals surface area contributed by atoms with E-state index in [0.29, 0.717) is 29.5 Å². The van der Waals surface area contributed by atoms with Crippen molar-refractivity contribution in [2.24, 2.45) is 0 Å². The van der Waals surface area contributed by atoms with Gasteiger partial charge in [-0.3, -0.25) is 4.79 Å². The number of methoxy groups -OCH3 is 3. The highest BCUT2D eigenvalue weighted by Crippen LogP contribution is 2.39. The average Bonchev–Trinajstić information content (AvgIpc) is 2.65. The first-order valence-corrected chi connectivity index (χ1v) is 9.42. The van der Waals surface area contributed by atoms with E-state index in [0.717, 1.165) is 11.3 Å². The molecule has 5 nitrogen and oxygen atoms in total. The molecule has 2 rings (SSSR count). The molecule has 0 bridgehead atoms. The smallest absolute Gasteiger partial charge is 0.230 e. The van der Waals surface area contributed by atoms with E-state index in [2.05, 4.69) is 30.4 Å². The number of hydrogen-bond acceptors (Lipinski definition) is 5. The van der Waals surface area contributed by atoms with Gasteiger partial charge in [0, 0.05) is 17.9 Å². The number of carbonyl (C=O) groups is 1. The highest BCUT2D eigenvalue weighted by atomic mass is 32.2. The quantitative estimate of drug-likeness (QED) is 0.726. The van der Waals surface area contributed by atoms with E-state index >= 15 is 0 Å². The van der Waals surface area contributed by atoms with Gasteiger partial charge < -0.3 is 19.5 Å². The Morgan fingerprint density at radius 1 is 1.04 bits per heavy atom. The minimum Gasteiger partial charge on any atom is -0.493 e. The van der Waals surface area contributed by atoms with Crippen molar-refractivity contribution in [2.45, 2.75) is 19.2 Å². The molecule has 0 unspecified atom stereocenters. The molecule has 0 radical (unpaired) electrons. The number of hydrogen-bond donors (Lipinski definition) is 1. The van der Waals surface area contributed by atoms with E-state index in [1.807, 2.05) is 12.1 Å². The Morgan fingerprint density at radius 2 is 1.81 bits per heavy atom. The summed E-state index contributed by atoms with van der Waals surface area (Å²) in [5, 5.41) is 2.92. The van der Waals surface area contributed by atoms with Crippen LogP contribution in [0.3, 0.4) is 0 Å². The van der Waals surface area contributed by atoms with Crippen molar-refractivity contribution in [3.8, 4) is 17.2 Å². The number of rotatable bonds is 9. The first kappa shape index (κ1) is 20.0. The highest BCUT2D eigenvalue weighted by Gasteiger charge is 2.16. The number of ether oxygens (including phenoxy) is 3. The first-order chi connectivity index (χ1) is 12.6. The Hall–Kier alpha value is -2.34. The van der Waals surface area contributed by atoms with E-state index in [1.165, 1.54) is 11.1 Å². The predicted octanol–water partition coefficient (Wildman–Crippen LogP) is 3.57. The summed E-state index contributed by atoms with van der Waals surface area (Å²) in [5.41, 5.74) is 3.29. The van der Waals surface area contributed by atoms with Crippen LogP contribution in [0.1, 0.15) is 16.7 Å². The monoisotopic (exact) mass is 375 g/mol. The van der Waals surface area contributed by atoms with Crippen LogP contribution in [0.5, 0.6) is 17.2 Å². The predicted molar refractivity (Wildman–Crippen MR) is 105 cm³/mol. The summed E-state index contributed by atoms with van der Waals surface area (Å²) in [6, 6.07) is 12.0. The molecule has 0 aliphatic rings. The van der Waals surface area contributed by atoms with Gasteiger partial charge in [-0.1, -0.05) is 29.8 Å². The molecule has 2 aromatic rings. The lowest BCUT2D eigenvalue weighted by Gasteiger charge is -2.16. The molecule has 26 heavy (non-hydrogen) atoms. The van der Waals surface area contributed by atoms with Crippen LogP contribution >= 0.6 is 11.8 Å². The Morgan fingerprint density at radius 3 is 2.46 bits per heavy atom. The van der Waals surface area contributed by atoms with Crippen LogP contribution in [0.25, 0.3) is 0 Å². The molecule has 0 aliphatic carbocycles. The third-order valence-corrected chi connectivity index (χ3v) is 4.85. The number of nitrogens with one attached hydrogen (secondary N) is 1. The van der Waals surface area contributed by atoms with Gasteiger partial charge in [0.25, 0.3) is 0 Å². The topological polar surface area (TPSA) is 56.8 Å². The lowest BCUT2D eigenvalue weighted by atomic mass is 10.1. The molecule has 140 valence electrons. The van der Waals surface area contributed by atoms with E-state index < -0.39 is 0 Å². The summed E-state index contributed by atoms with van der Waals surface area (Å²) < 4.78 is 16.1. The van der Waals surface area contributed by atoms with Crippen molar-refractivity contribution in [1.82, 2.24) is 5.32 Å². The molecular formula is C20H25NO4S. The van der Waals surface area contributed by atoms with Gasteiger partial charge in [-0.2, -0.15) is 0 Å². The maximum Gasteiger partial charge on any atom is 0.230 e. The molecule has 0 heterocycles. The first-order valence-electron chi connectivity index (χ1n) is 8.26. The van der Waals surface area contributed by atoms with E-state index in [9.17, 15) is 4.79 Å². The summed E-state index contributed by atoms with van der Waals surface area (Å²) in [6.45, 7) is 2.44. The Bertz CT molecular complexity index is 749. The van der Waals surface area contributed by atoms with Gasteiger partial charge in [0.2, 0.25) is 11.7 Å². The van der Waals surface area contributed by atoms with Crippen LogP contribution in [-0.2, 0) is 17.1 Å². The van der Waals surface area contributed by atoms with E-state index in [1.54, 1.807) is 39.2 Å².